The summed E-state index contributed by atoms with van der Waals surface area (Å²) in [6.45, 7) is 8.33. The minimum atomic E-state index is -0.672. The van der Waals surface area contributed by atoms with Crippen LogP contribution in [0.2, 0.25) is 15.1 Å². The minimum absolute atomic E-state index is 0.184. The fourth-order valence-corrected chi connectivity index (χ4v) is 7.72. The number of ether oxygens (including phenoxy) is 2. The maximum absolute atomic E-state index is 14.3. The normalized spacial score (nSPS) is 13.9. The lowest BCUT2D eigenvalue weighted by Gasteiger charge is -2.29. The zero-order valence-electron chi connectivity index (χ0n) is 27.6. The van der Waals surface area contributed by atoms with Gasteiger partial charge in [0.2, 0.25) is 11.1 Å². The number of hydrogen-bond acceptors (Lipinski definition) is 7. The number of carbonyl (C=O) groups excluding carboxylic acids is 1. The Labute approximate surface area is 318 Å². The van der Waals surface area contributed by atoms with E-state index in [0.717, 1.165) is 33.5 Å². The van der Waals surface area contributed by atoms with E-state index in [2.05, 4.69) is 26.6 Å². The van der Waals surface area contributed by atoms with Crippen LogP contribution in [0.3, 0.4) is 0 Å². The second kappa shape index (κ2) is 15.7. The van der Waals surface area contributed by atoms with Gasteiger partial charge >= 0.3 is 0 Å². The van der Waals surface area contributed by atoms with Gasteiger partial charge in [-0.15, -0.1) is 5.10 Å². The van der Waals surface area contributed by atoms with Crippen LogP contribution >= 0.6 is 62.5 Å². The molecule has 8 nitrogen and oxygen atoms in total. The smallest absolute Gasteiger partial charge is 0.255 e. The van der Waals surface area contributed by atoms with Gasteiger partial charge in [0.05, 0.1) is 16.7 Å². The number of amides is 1. The number of thioether (sulfide) groups is 1. The summed E-state index contributed by atoms with van der Waals surface area (Å²) in [5.74, 6) is 1.79. The second-order valence-corrected chi connectivity index (χ2v) is 14.6. The number of nitrogens with one attached hydrogen (secondary N) is 2. The Morgan fingerprint density at radius 2 is 1.78 bits per heavy atom. The second-order valence-electron chi connectivity index (χ2n) is 11.6. The molecule has 50 heavy (non-hydrogen) atoms. The Kier molecular flexibility index (Phi) is 11.3. The van der Waals surface area contributed by atoms with E-state index >= 15 is 0 Å². The molecule has 2 heterocycles. The van der Waals surface area contributed by atoms with Gasteiger partial charge in [0, 0.05) is 37.8 Å². The lowest BCUT2D eigenvalue weighted by atomic mass is 9.94. The topological polar surface area (TPSA) is 90.3 Å². The van der Waals surface area contributed by atoms with Gasteiger partial charge in [-0.25, -0.2) is 4.68 Å². The van der Waals surface area contributed by atoms with Crippen LogP contribution in [0, 0.1) is 13.8 Å². The van der Waals surface area contributed by atoms with Gasteiger partial charge in [-0.1, -0.05) is 83.0 Å². The lowest BCUT2D eigenvalue weighted by Crippen LogP contribution is -2.31. The van der Waals surface area contributed by atoms with Crippen molar-refractivity contribution in [3.8, 4) is 11.5 Å². The first kappa shape index (κ1) is 36.1. The number of benzene rings is 4. The summed E-state index contributed by atoms with van der Waals surface area (Å²) in [5, 5.41) is 13.6. The van der Waals surface area contributed by atoms with E-state index in [1.165, 1.54) is 11.8 Å². The standard InChI is InChI=1S/C37H33BrCl3N5O3S/c1-5-48-31-16-25(15-27(38)34(31)49-18-23-13-14-26(39)17-29(23)41)33-32(35(47)43-30-12-8-9-20(2)21(30)3)22(4)42-36-44-37(45-46(33)36)50-19-24-10-6-7-11-28(24)40/h6-17,33H,5,18-19H2,1-4H3,(H,43,47)(H,42,44,45). The predicted molar refractivity (Wildman–Crippen MR) is 206 cm³/mol. The van der Waals surface area contributed by atoms with Crippen molar-refractivity contribution in [1.29, 1.82) is 0 Å². The average molecular weight is 814 g/mol. The van der Waals surface area contributed by atoms with Crippen LogP contribution in [0.25, 0.3) is 0 Å². The Hall–Kier alpha value is -3.67. The molecule has 2 N–H and O–H groups in total. The zero-order valence-corrected chi connectivity index (χ0v) is 32.3. The minimum Gasteiger partial charge on any atom is -0.490 e. The maximum atomic E-state index is 14.3. The first-order chi connectivity index (χ1) is 24.0. The summed E-state index contributed by atoms with van der Waals surface area (Å²) in [6, 6.07) is 21.9. The monoisotopic (exact) mass is 811 g/mol. The van der Waals surface area contributed by atoms with E-state index in [-0.39, 0.29) is 12.5 Å². The van der Waals surface area contributed by atoms with Crippen molar-refractivity contribution in [2.75, 3.05) is 17.2 Å². The fraction of sp³-hybridized carbons (Fsp3) is 0.216. The van der Waals surface area contributed by atoms with E-state index < -0.39 is 6.04 Å². The number of allylic oxidation sites excluding steroid dienone is 1. The third-order valence-electron chi connectivity index (χ3n) is 8.28. The molecule has 5 aromatic rings. The largest absolute Gasteiger partial charge is 0.490 e. The van der Waals surface area contributed by atoms with Gasteiger partial charge in [-0.05, 0) is 102 Å². The van der Waals surface area contributed by atoms with Crippen molar-refractivity contribution in [2.24, 2.45) is 0 Å². The molecule has 1 atom stereocenters. The molecule has 258 valence electrons. The highest BCUT2D eigenvalue weighted by Gasteiger charge is 2.36. The van der Waals surface area contributed by atoms with Gasteiger partial charge in [0.15, 0.2) is 11.5 Å². The third-order valence-corrected chi connectivity index (χ3v) is 10.7. The van der Waals surface area contributed by atoms with Crippen LogP contribution in [0.5, 0.6) is 11.5 Å². The van der Waals surface area contributed by atoms with Crippen molar-refractivity contribution >= 4 is 80.0 Å². The summed E-state index contributed by atoms with van der Waals surface area (Å²) >= 11 is 24.2. The summed E-state index contributed by atoms with van der Waals surface area (Å²) in [7, 11) is 0. The highest BCUT2D eigenvalue weighted by Crippen LogP contribution is 2.44. The number of halogens is 4. The van der Waals surface area contributed by atoms with Crippen LogP contribution in [0.15, 0.2) is 93.7 Å². The first-order valence-electron chi connectivity index (χ1n) is 15.7. The molecular weight excluding hydrogens is 781 g/mol. The van der Waals surface area contributed by atoms with Gasteiger partial charge in [-0.2, -0.15) is 4.98 Å². The van der Waals surface area contributed by atoms with Crippen molar-refractivity contribution in [3.05, 3.63) is 131 Å². The third kappa shape index (κ3) is 7.80. The quantitative estimate of drug-likeness (QED) is 0.128. The van der Waals surface area contributed by atoms with Crippen LogP contribution in [-0.2, 0) is 17.2 Å². The van der Waals surface area contributed by atoms with E-state index in [9.17, 15) is 4.79 Å². The zero-order chi connectivity index (χ0) is 35.5. The highest BCUT2D eigenvalue weighted by atomic mass is 79.9. The number of nitrogens with zero attached hydrogens (tertiary/aromatic N) is 3. The summed E-state index contributed by atoms with van der Waals surface area (Å²) in [5.41, 5.74) is 6.39. The van der Waals surface area contributed by atoms with E-state index in [1.54, 1.807) is 16.8 Å². The first-order valence-corrected chi connectivity index (χ1v) is 18.7. The Balaban J connectivity index is 1.40. The van der Waals surface area contributed by atoms with Crippen LogP contribution in [0.4, 0.5) is 11.6 Å². The van der Waals surface area contributed by atoms with Crippen LogP contribution in [-0.4, -0.2) is 27.3 Å². The average Bonchev–Trinajstić information content (AvgIpc) is 3.48. The van der Waals surface area contributed by atoms with Crippen LogP contribution in [0.1, 0.15) is 47.7 Å². The molecule has 1 unspecified atom stereocenters. The van der Waals surface area contributed by atoms with Gasteiger partial charge in [-0.3, -0.25) is 4.79 Å². The fourth-order valence-electron chi connectivity index (χ4n) is 5.57. The lowest BCUT2D eigenvalue weighted by molar-refractivity contribution is -0.113. The molecule has 0 spiro atoms. The van der Waals surface area contributed by atoms with Crippen molar-refractivity contribution < 1.29 is 14.3 Å². The Morgan fingerprint density at radius 3 is 2.54 bits per heavy atom. The molecule has 1 aliphatic rings. The number of hydrogen-bond donors (Lipinski definition) is 2. The molecular formula is C37H33BrCl3N5O3S. The molecule has 1 aromatic heterocycles. The predicted octanol–water partition coefficient (Wildman–Crippen LogP) is 10.8. The summed E-state index contributed by atoms with van der Waals surface area (Å²) < 4.78 is 14.8. The molecule has 0 fully saturated rings. The van der Waals surface area contributed by atoms with E-state index in [0.29, 0.717) is 65.8 Å². The number of carbonyl (C=O) groups is 1. The number of anilines is 2. The summed E-state index contributed by atoms with van der Waals surface area (Å²) in [6.07, 6.45) is 0. The molecule has 13 heteroatoms. The number of rotatable bonds is 11. The molecule has 4 aromatic carbocycles. The number of aromatic nitrogens is 3. The van der Waals surface area contributed by atoms with Gasteiger partial charge < -0.3 is 20.1 Å². The number of fused-ring (bicyclic) bond motifs is 1. The molecule has 1 amide bonds. The van der Waals surface area contributed by atoms with Gasteiger partial charge in [0.25, 0.3) is 5.91 Å². The molecule has 6 rings (SSSR count). The van der Waals surface area contributed by atoms with Crippen LogP contribution < -0.4 is 20.1 Å². The summed E-state index contributed by atoms with van der Waals surface area (Å²) in [4.78, 5) is 19.1. The van der Waals surface area contributed by atoms with Crippen molar-refractivity contribution in [2.45, 2.75) is 51.3 Å². The van der Waals surface area contributed by atoms with Crippen molar-refractivity contribution in [1.82, 2.24) is 14.8 Å². The molecule has 0 aliphatic carbocycles. The molecule has 1 aliphatic heterocycles. The van der Waals surface area contributed by atoms with E-state index in [1.807, 2.05) is 88.4 Å². The van der Waals surface area contributed by atoms with Crippen molar-refractivity contribution in [3.63, 3.8) is 0 Å². The molecule has 0 saturated carbocycles. The van der Waals surface area contributed by atoms with E-state index in [4.69, 9.17) is 54.4 Å². The number of aryl methyl sites for hydroxylation is 1. The Bertz CT molecular complexity index is 2120. The SMILES string of the molecule is CCOc1cc(C2C(C(=O)Nc3cccc(C)c3C)=C(C)Nc3nc(SCc4ccccc4Cl)nn32)cc(Br)c1OCc1ccc(Cl)cc1Cl. The molecule has 0 saturated heterocycles. The molecule has 0 radical (unpaired) electrons. The molecule has 0 bridgehead atoms. The maximum Gasteiger partial charge on any atom is 0.255 e. The Morgan fingerprint density at radius 1 is 0.980 bits per heavy atom. The van der Waals surface area contributed by atoms with Gasteiger partial charge in [0.1, 0.15) is 12.6 Å². The highest BCUT2D eigenvalue weighted by molar-refractivity contribution is 9.10.